The summed E-state index contributed by atoms with van der Waals surface area (Å²) in [6, 6.07) is 2.65. The molecule has 114 valence electrons. The molecule has 0 aliphatic heterocycles. The van der Waals surface area contributed by atoms with Crippen molar-refractivity contribution >= 4 is 0 Å². The first-order valence-corrected chi connectivity index (χ1v) is 7.00. The average molecular weight is 286 g/mol. The minimum atomic E-state index is -0.636. The zero-order valence-corrected chi connectivity index (χ0v) is 12.5. The lowest BCUT2D eigenvalue weighted by Crippen LogP contribution is -2.16. The molecule has 0 amide bonds. The third-order valence-electron chi connectivity index (χ3n) is 2.81. The maximum absolute atomic E-state index is 13.8. The van der Waals surface area contributed by atoms with Crippen LogP contribution in [0.25, 0.3) is 0 Å². The molecule has 1 N–H and O–H groups in total. The van der Waals surface area contributed by atoms with E-state index >= 15 is 0 Å². The molecule has 0 aromatic heterocycles. The smallest absolute Gasteiger partial charge is 0.190 e. The van der Waals surface area contributed by atoms with Crippen LogP contribution in [0, 0.1) is 11.6 Å². The van der Waals surface area contributed by atoms with Gasteiger partial charge in [-0.25, -0.2) is 8.78 Å². The first-order valence-electron chi connectivity index (χ1n) is 7.00. The van der Waals surface area contributed by atoms with Crippen molar-refractivity contribution in [1.82, 2.24) is 10.2 Å². The molecule has 0 heterocycles. The van der Waals surface area contributed by atoms with Crippen LogP contribution in [0.15, 0.2) is 12.1 Å². The highest BCUT2D eigenvalue weighted by Crippen LogP contribution is 2.23. The Morgan fingerprint density at radius 2 is 1.85 bits per heavy atom. The Bertz CT molecular complexity index is 388. The number of benzene rings is 1. The molecule has 0 unspecified atom stereocenters. The zero-order chi connectivity index (χ0) is 15.0. The van der Waals surface area contributed by atoms with Crippen molar-refractivity contribution in [3.63, 3.8) is 0 Å². The zero-order valence-electron chi connectivity index (χ0n) is 12.5. The predicted octanol–water partition coefficient (Wildman–Crippen LogP) is 2.79. The summed E-state index contributed by atoms with van der Waals surface area (Å²) in [5.74, 6) is -1.55. The van der Waals surface area contributed by atoms with E-state index in [1.807, 2.05) is 25.9 Å². The van der Waals surface area contributed by atoms with Crippen LogP contribution >= 0.6 is 0 Å². The summed E-state index contributed by atoms with van der Waals surface area (Å²) >= 11 is 0. The van der Waals surface area contributed by atoms with Gasteiger partial charge in [0.2, 0.25) is 0 Å². The average Bonchev–Trinajstić information content (AvgIpc) is 2.37. The number of nitrogens with one attached hydrogen (secondary N) is 1. The molecule has 1 aromatic rings. The molecule has 0 aliphatic carbocycles. The van der Waals surface area contributed by atoms with Crippen molar-refractivity contribution in [1.29, 1.82) is 0 Å². The van der Waals surface area contributed by atoms with Crippen LogP contribution in [0.1, 0.15) is 25.3 Å². The summed E-state index contributed by atoms with van der Waals surface area (Å²) < 4.78 is 32.8. The number of halogens is 2. The lowest BCUT2D eigenvalue weighted by Gasteiger charge is -2.12. The van der Waals surface area contributed by atoms with Crippen LogP contribution in [0.4, 0.5) is 8.78 Å². The second-order valence-electron chi connectivity index (χ2n) is 5.07. The lowest BCUT2D eigenvalue weighted by molar-refractivity contribution is 0.259. The molecule has 1 aromatic carbocycles. The molecule has 0 aliphatic rings. The van der Waals surface area contributed by atoms with Crippen molar-refractivity contribution in [3.05, 3.63) is 29.3 Å². The molecule has 0 saturated carbocycles. The van der Waals surface area contributed by atoms with Gasteiger partial charge >= 0.3 is 0 Å². The normalized spacial score (nSPS) is 11.1. The fraction of sp³-hybridized carbons (Fsp3) is 0.600. The van der Waals surface area contributed by atoms with Crippen molar-refractivity contribution in [2.24, 2.45) is 0 Å². The molecular weight excluding hydrogens is 262 g/mol. The number of hydrogen-bond donors (Lipinski definition) is 1. The number of rotatable bonds is 9. The highest BCUT2D eigenvalue weighted by molar-refractivity contribution is 5.31. The first kappa shape index (κ1) is 16.9. The SMILES string of the molecule is CCCNCc1cc(F)c(OCCCN(C)C)c(F)c1. The molecule has 1 rings (SSSR count). The summed E-state index contributed by atoms with van der Waals surface area (Å²) in [4.78, 5) is 2.00. The number of nitrogens with zero attached hydrogens (tertiary/aromatic N) is 1. The summed E-state index contributed by atoms with van der Waals surface area (Å²) in [6.45, 7) is 4.45. The van der Waals surface area contributed by atoms with Gasteiger partial charge in [0, 0.05) is 13.1 Å². The maximum atomic E-state index is 13.8. The Kier molecular flexibility index (Phi) is 7.47. The Morgan fingerprint density at radius 1 is 1.20 bits per heavy atom. The summed E-state index contributed by atoms with van der Waals surface area (Å²) in [5, 5.41) is 3.11. The van der Waals surface area contributed by atoms with E-state index in [9.17, 15) is 8.78 Å². The van der Waals surface area contributed by atoms with Crippen LogP contribution in [0.5, 0.6) is 5.75 Å². The highest BCUT2D eigenvalue weighted by atomic mass is 19.1. The van der Waals surface area contributed by atoms with Gasteiger partial charge < -0.3 is 15.0 Å². The fourth-order valence-corrected chi connectivity index (χ4v) is 1.82. The largest absolute Gasteiger partial charge is 0.488 e. The van der Waals surface area contributed by atoms with Gasteiger partial charge in [-0.05, 0) is 51.2 Å². The minimum absolute atomic E-state index is 0.275. The number of ether oxygens (including phenoxy) is 1. The third kappa shape index (κ3) is 5.84. The van der Waals surface area contributed by atoms with Gasteiger partial charge in [-0.2, -0.15) is 0 Å². The van der Waals surface area contributed by atoms with E-state index in [1.54, 1.807) is 0 Å². The highest BCUT2D eigenvalue weighted by Gasteiger charge is 2.12. The van der Waals surface area contributed by atoms with Gasteiger partial charge in [-0.3, -0.25) is 0 Å². The Labute approximate surface area is 119 Å². The van der Waals surface area contributed by atoms with Crippen molar-refractivity contribution < 1.29 is 13.5 Å². The molecule has 0 spiro atoms. The summed E-state index contributed by atoms with van der Waals surface area (Å²) in [7, 11) is 3.89. The van der Waals surface area contributed by atoms with E-state index < -0.39 is 11.6 Å². The van der Waals surface area contributed by atoms with Crippen molar-refractivity contribution in [2.75, 3.05) is 33.8 Å². The van der Waals surface area contributed by atoms with Crippen LogP contribution in [0.2, 0.25) is 0 Å². The fourth-order valence-electron chi connectivity index (χ4n) is 1.82. The number of hydrogen-bond acceptors (Lipinski definition) is 3. The van der Waals surface area contributed by atoms with Crippen molar-refractivity contribution in [2.45, 2.75) is 26.3 Å². The van der Waals surface area contributed by atoms with E-state index in [-0.39, 0.29) is 5.75 Å². The van der Waals surface area contributed by atoms with E-state index in [0.29, 0.717) is 18.7 Å². The quantitative estimate of drug-likeness (QED) is 0.707. The molecule has 20 heavy (non-hydrogen) atoms. The molecule has 0 bridgehead atoms. The molecule has 5 heteroatoms. The van der Waals surface area contributed by atoms with E-state index in [0.717, 1.165) is 25.9 Å². The Morgan fingerprint density at radius 3 is 2.40 bits per heavy atom. The van der Waals surface area contributed by atoms with Gasteiger partial charge in [0.05, 0.1) is 6.61 Å². The predicted molar refractivity (Wildman–Crippen MR) is 77.0 cm³/mol. The maximum Gasteiger partial charge on any atom is 0.190 e. The second kappa shape index (κ2) is 8.87. The van der Waals surface area contributed by atoms with Crippen LogP contribution in [0.3, 0.4) is 0 Å². The molecule has 3 nitrogen and oxygen atoms in total. The van der Waals surface area contributed by atoms with Crippen molar-refractivity contribution in [3.8, 4) is 5.75 Å². The van der Waals surface area contributed by atoms with E-state index in [2.05, 4.69) is 5.32 Å². The van der Waals surface area contributed by atoms with Crippen LogP contribution < -0.4 is 10.1 Å². The molecule has 0 atom stereocenters. The van der Waals surface area contributed by atoms with E-state index in [4.69, 9.17) is 4.74 Å². The lowest BCUT2D eigenvalue weighted by atomic mass is 10.2. The Hall–Kier alpha value is -1.20. The summed E-state index contributed by atoms with van der Waals surface area (Å²) in [5.41, 5.74) is 0.592. The molecular formula is C15H24F2N2O. The van der Waals surface area contributed by atoms with Gasteiger partial charge in [-0.1, -0.05) is 6.92 Å². The molecule has 0 saturated heterocycles. The standard InChI is InChI=1S/C15H24F2N2O/c1-4-6-18-11-12-9-13(16)15(14(17)10-12)20-8-5-7-19(2)3/h9-10,18H,4-8,11H2,1-3H3. The monoisotopic (exact) mass is 286 g/mol. The van der Waals surface area contributed by atoms with E-state index in [1.165, 1.54) is 12.1 Å². The van der Waals surface area contributed by atoms with Gasteiger partial charge in [0.15, 0.2) is 17.4 Å². The Balaban J connectivity index is 2.55. The third-order valence-corrected chi connectivity index (χ3v) is 2.81. The first-order chi connectivity index (χ1) is 9.54. The summed E-state index contributed by atoms with van der Waals surface area (Å²) in [6.07, 6.45) is 1.71. The van der Waals surface area contributed by atoms with Crippen LogP contribution in [-0.2, 0) is 6.54 Å². The van der Waals surface area contributed by atoms with Gasteiger partial charge in [0.1, 0.15) is 0 Å². The second-order valence-corrected chi connectivity index (χ2v) is 5.07. The van der Waals surface area contributed by atoms with Gasteiger partial charge in [0.25, 0.3) is 0 Å². The minimum Gasteiger partial charge on any atom is -0.488 e. The molecule has 0 radical (unpaired) electrons. The van der Waals surface area contributed by atoms with Gasteiger partial charge in [-0.15, -0.1) is 0 Å². The topological polar surface area (TPSA) is 24.5 Å². The molecule has 0 fully saturated rings. The van der Waals surface area contributed by atoms with Crippen LogP contribution in [-0.4, -0.2) is 38.7 Å².